The van der Waals surface area contributed by atoms with Gasteiger partial charge in [-0.1, -0.05) is 182 Å². The molecule has 0 aliphatic heterocycles. The highest BCUT2D eigenvalue weighted by molar-refractivity contribution is 6.17. The maximum absolute atomic E-state index is 2.52. The molecule has 0 aliphatic carbocycles. The molecule has 0 saturated carbocycles. The predicted molar refractivity (Wildman–Crippen MR) is 227 cm³/mol. The van der Waals surface area contributed by atoms with Gasteiger partial charge in [0.25, 0.3) is 0 Å². The van der Waals surface area contributed by atoms with Gasteiger partial charge < -0.3 is 4.90 Å². The number of fused-ring (bicyclic) bond motifs is 5. The van der Waals surface area contributed by atoms with E-state index in [4.69, 9.17) is 0 Å². The molecule has 0 unspecified atom stereocenters. The van der Waals surface area contributed by atoms with Crippen LogP contribution in [0.3, 0.4) is 0 Å². The molecule has 0 radical (unpaired) electrons. The second-order valence-electron chi connectivity index (χ2n) is 13.7. The molecule has 1 heteroatoms. The number of hydrogen-bond acceptors (Lipinski definition) is 1. The van der Waals surface area contributed by atoms with Gasteiger partial charge in [-0.15, -0.1) is 0 Å². The van der Waals surface area contributed by atoms with Gasteiger partial charge in [0.15, 0.2) is 0 Å². The zero-order valence-electron chi connectivity index (χ0n) is 29.2. The molecular weight excluding hydrogens is 639 g/mol. The van der Waals surface area contributed by atoms with E-state index >= 15 is 0 Å². The largest absolute Gasteiger partial charge is 0.309 e. The van der Waals surface area contributed by atoms with Gasteiger partial charge in [-0.25, -0.2) is 0 Å². The van der Waals surface area contributed by atoms with E-state index in [9.17, 15) is 0 Å². The second-order valence-corrected chi connectivity index (χ2v) is 13.7. The Bertz CT molecular complexity index is 2880. The SMILES string of the molecule is c1ccc(-c2cc(-c3ccccc3)cc(N(c3ccc4ccccc4c3-c3cccc4ccccc34)c3cc4ccccc4c4ccccc34)c2)cc1. The van der Waals surface area contributed by atoms with Gasteiger partial charge in [0, 0.05) is 16.6 Å². The van der Waals surface area contributed by atoms with Crippen LogP contribution in [0.1, 0.15) is 0 Å². The summed E-state index contributed by atoms with van der Waals surface area (Å²) in [5.41, 5.74) is 10.5. The average molecular weight is 674 g/mol. The summed E-state index contributed by atoms with van der Waals surface area (Å²) in [5.74, 6) is 0. The third-order valence-corrected chi connectivity index (χ3v) is 10.6. The van der Waals surface area contributed by atoms with Gasteiger partial charge in [0.1, 0.15) is 0 Å². The summed E-state index contributed by atoms with van der Waals surface area (Å²) in [6, 6.07) is 77.5. The van der Waals surface area contributed by atoms with E-state index in [0.29, 0.717) is 0 Å². The fraction of sp³-hybridized carbons (Fsp3) is 0. The molecule has 10 aromatic carbocycles. The minimum Gasteiger partial charge on any atom is -0.309 e. The van der Waals surface area contributed by atoms with E-state index in [0.717, 1.165) is 17.1 Å². The maximum Gasteiger partial charge on any atom is 0.0546 e. The number of nitrogens with zero attached hydrogens (tertiary/aromatic N) is 1. The summed E-state index contributed by atoms with van der Waals surface area (Å²) in [6.45, 7) is 0. The lowest BCUT2D eigenvalue weighted by atomic mass is 9.90. The van der Waals surface area contributed by atoms with Crippen molar-refractivity contribution >= 4 is 60.2 Å². The van der Waals surface area contributed by atoms with Crippen molar-refractivity contribution in [3.05, 3.63) is 212 Å². The molecule has 0 fully saturated rings. The Balaban J connectivity index is 1.37. The lowest BCUT2D eigenvalue weighted by Crippen LogP contribution is -2.13. The number of hydrogen-bond donors (Lipinski definition) is 0. The summed E-state index contributed by atoms with van der Waals surface area (Å²) in [6.07, 6.45) is 0. The van der Waals surface area contributed by atoms with Crippen LogP contribution in [0, 0.1) is 0 Å². The van der Waals surface area contributed by atoms with Crippen LogP contribution in [0.15, 0.2) is 212 Å². The van der Waals surface area contributed by atoms with E-state index < -0.39 is 0 Å². The van der Waals surface area contributed by atoms with Crippen LogP contribution >= 0.6 is 0 Å². The minimum absolute atomic E-state index is 1.10. The second kappa shape index (κ2) is 13.0. The highest BCUT2D eigenvalue weighted by Crippen LogP contribution is 2.49. The van der Waals surface area contributed by atoms with Gasteiger partial charge in [-0.3, -0.25) is 0 Å². The predicted octanol–water partition coefficient (Wildman–Crippen LogP) is 14.8. The van der Waals surface area contributed by atoms with Crippen molar-refractivity contribution in [3.63, 3.8) is 0 Å². The van der Waals surface area contributed by atoms with Crippen LogP contribution in [0.25, 0.3) is 76.5 Å². The van der Waals surface area contributed by atoms with Crippen molar-refractivity contribution in [1.82, 2.24) is 0 Å². The van der Waals surface area contributed by atoms with Crippen LogP contribution in [0.2, 0.25) is 0 Å². The quantitative estimate of drug-likeness (QED) is 0.159. The molecule has 0 bridgehead atoms. The molecule has 0 amide bonds. The summed E-state index contributed by atoms with van der Waals surface area (Å²) >= 11 is 0. The summed E-state index contributed by atoms with van der Waals surface area (Å²) in [5, 5.41) is 9.80. The van der Waals surface area contributed by atoms with Gasteiger partial charge >= 0.3 is 0 Å². The molecule has 0 atom stereocenters. The van der Waals surface area contributed by atoms with Crippen LogP contribution in [-0.2, 0) is 0 Å². The Kier molecular flexibility index (Phi) is 7.55. The Labute approximate surface area is 309 Å². The van der Waals surface area contributed by atoms with E-state index in [1.807, 2.05) is 0 Å². The molecule has 0 aromatic heterocycles. The monoisotopic (exact) mass is 673 g/mol. The fourth-order valence-corrected chi connectivity index (χ4v) is 8.14. The Hall–Kier alpha value is -6.96. The topological polar surface area (TPSA) is 3.24 Å². The van der Waals surface area contributed by atoms with Gasteiger partial charge in [0.05, 0.1) is 11.4 Å². The average Bonchev–Trinajstić information content (AvgIpc) is 3.24. The summed E-state index contributed by atoms with van der Waals surface area (Å²) < 4.78 is 0. The first-order valence-electron chi connectivity index (χ1n) is 18.3. The lowest BCUT2D eigenvalue weighted by molar-refractivity contribution is 1.31. The highest BCUT2D eigenvalue weighted by atomic mass is 15.1. The van der Waals surface area contributed by atoms with E-state index in [2.05, 4.69) is 217 Å². The first kappa shape index (κ1) is 30.8. The van der Waals surface area contributed by atoms with Crippen molar-refractivity contribution in [1.29, 1.82) is 0 Å². The smallest absolute Gasteiger partial charge is 0.0546 e. The third kappa shape index (κ3) is 5.42. The van der Waals surface area contributed by atoms with Crippen molar-refractivity contribution in [2.45, 2.75) is 0 Å². The first-order chi connectivity index (χ1) is 26.3. The molecule has 10 aromatic rings. The van der Waals surface area contributed by atoms with Crippen LogP contribution in [-0.4, -0.2) is 0 Å². The van der Waals surface area contributed by atoms with Crippen molar-refractivity contribution in [3.8, 4) is 33.4 Å². The van der Waals surface area contributed by atoms with Crippen LogP contribution < -0.4 is 4.90 Å². The van der Waals surface area contributed by atoms with E-state index in [1.165, 1.54) is 76.5 Å². The Morgan fingerprint density at radius 3 is 1.45 bits per heavy atom. The molecule has 0 N–H and O–H groups in total. The summed E-state index contributed by atoms with van der Waals surface area (Å²) in [4.78, 5) is 2.52. The summed E-state index contributed by atoms with van der Waals surface area (Å²) in [7, 11) is 0. The Morgan fingerprint density at radius 2 is 0.774 bits per heavy atom. The molecule has 0 heterocycles. The molecule has 53 heavy (non-hydrogen) atoms. The van der Waals surface area contributed by atoms with Gasteiger partial charge in [0.2, 0.25) is 0 Å². The van der Waals surface area contributed by atoms with Crippen LogP contribution in [0.4, 0.5) is 17.1 Å². The third-order valence-electron chi connectivity index (χ3n) is 10.6. The molecule has 0 spiro atoms. The van der Waals surface area contributed by atoms with Crippen molar-refractivity contribution in [2.75, 3.05) is 4.90 Å². The Morgan fingerprint density at radius 1 is 0.264 bits per heavy atom. The van der Waals surface area contributed by atoms with Crippen LogP contribution in [0.5, 0.6) is 0 Å². The standard InChI is InChI=1S/C52H35N/c1-3-16-36(17-4-1)41-32-42(37-18-5-2-6-19-37)34-43(33-41)53(51-35-40-22-9-11-25-45(40)47-27-13-14-28-48(47)51)50-31-30-39-21-8-12-26-46(39)52(50)49-29-15-23-38-20-7-10-24-44(38)49/h1-35H. The number of benzene rings is 10. The number of anilines is 3. The van der Waals surface area contributed by atoms with Crippen molar-refractivity contribution in [2.24, 2.45) is 0 Å². The molecule has 0 aliphatic rings. The van der Waals surface area contributed by atoms with E-state index in [-0.39, 0.29) is 0 Å². The zero-order valence-corrected chi connectivity index (χ0v) is 29.2. The molecular formula is C52H35N. The molecule has 0 saturated heterocycles. The van der Waals surface area contributed by atoms with Gasteiger partial charge in [-0.05, 0) is 95.9 Å². The maximum atomic E-state index is 2.52. The normalized spacial score (nSPS) is 11.4. The molecule has 10 rings (SSSR count). The minimum atomic E-state index is 1.10. The van der Waals surface area contributed by atoms with Gasteiger partial charge in [-0.2, -0.15) is 0 Å². The first-order valence-corrected chi connectivity index (χ1v) is 18.3. The number of rotatable bonds is 6. The lowest BCUT2D eigenvalue weighted by Gasteiger charge is -2.31. The highest BCUT2D eigenvalue weighted by Gasteiger charge is 2.24. The zero-order chi connectivity index (χ0) is 35.1. The fourth-order valence-electron chi connectivity index (χ4n) is 8.14. The van der Waals surface area contributed by atoms with Crippen molar-refractivity contribution < 1.29 is 0 Å². The molecule has 1 nitrogen and oxygen atoms in total. The molecule has 248 valence electrons. The van der Waals surface area contributed by atoms with E-state index in [1.54, 1.807) is 0 Å².